The topological polar surface area (TPSA) is 98.7 Å². The third kappa shape index (κ3) is 5.14. The Morgan fingerprint density at radius 3 is 2.53 bits per heavy atom. The lowest BCUT2D eigenvalue weighted by Crippen LogP contribution is -2.55. The van der Waals surface area contributed by atoms with Gasteiger partial charge in [0, 0.05) is 60.7 Å². The Morgan fingerprint density at radius 2 is 1.83 bits per heavy atom. The number of hydrogen-bond donors (Lipinski definition) is 1. The standard InChI is InChI=1S/C24H27ClN6O3S2/c1-17(31-10-2-3-18-15-19(25)4-9-22(18)31)23(32)30-13-11-29(12-14-30)20-5-7-21(8-6-20)36(33,34)28-24-26-16-27-35-24/h4-9,15-17H,2-3,10-14H2,1H3,(H,26,27,28). The highest BCUT2D eigenvalue weighted by molar-refractivity contribution is 7.93. The number of carbonyl (C=O) groups is 1. The number of nitrogens with zero attached hydrogens (tertiary/aromatic N) is 5. The molecule has 0 aliphatic carbocycles. The normalized spacial score (nSPS) is 17.0. The van der Waals surface area contributed by atoms with Gasteiger partial charge >= 0.3 is 0 Å². The van der Waals surface area contributed by atoms with E-state index in [4.69, 9.17) is 11.6 Å². The molecule has 0 spiro atoms. The van der Waals surface area contributed by atoms with E-state index in [1.165, 1.54) is 11.9 Å². The SMILES string of the molecule is CC(C(=O)N1CCN(c2ccc(S(=O)(=O)Nc3ncns3)cc2)CC1)N1CCCc2cc(Cl)ccc21. The van der Waals surface area contributed by atoms with E-state index in [2.05, 4.69) is 23.9 Å². The first-order valence-electron chi connectivity index (χ1n) is 11.8. The summed E-state index contributed by atoms with van der Waals surface area (Å²) in [6.07, 6.45) is 3.28. The van der Waals surface area contributed by atoms with Gasteiger partial charge in [-0.25, -0.2) is 13.4 Å². The van der Waals surface area contributed by atoms with Crippen LogP contribution in [0.1, 0.15) is 18.9 Å². The second-order valence-electron chi connectivity index (χ2n) is 8.90. The highest BCUT2D eigenvalue weighted by Crippen LogP contribution is 2.31. The molecular weight excluding hydrogens is 520 g/mol. The number of piperazine rings is 1. The van der Waals surface area contributed by atoms with Gasteiger partial charge in [-0.2, -0.15) is 4.37 Å². The summed E-state index contributed by atoms with van der Waals surface area (Å²) in [6, 6.07) is 12.4. The zero-order chi connectivity index (χ0) is 25.3. The summed E-state index contributed by atoms with van der Waals surface area (Å²) in [4.78, 5) is 23.7. The molecule has 2 aromatic carbocycles. The Kier molecular flexibility index (Phi) is 7.05. The average molecular weight is 547 g/mol. The lowest BCUT2D eigenvalue weighted by molar-refractivity contribution is -0.132. The summed E-state index contributed by atoms with van der Waals surface area (Å²) in [5.74, 6) is 0.127. The number of sulfonamides is 1. The predicted molar refractivity (Wildman–Crippen MR) is 143 cm³/mol. The molecule has 0 bridgehead atoms. The molecule has 1 unspecified atom stereocenters. The summed E-state index contributed by atoms with van der Waals surface area (Å²) >= 11 is 7.16. The number of rotatable bonds is 6. The highest BCUT2D eigenvalue weighted by Gasteiger charge is 2.31. The monoisotopic (exact) mass is 546 g/mol. The number of fused-ring (bicyclic) bond motifs is 1. The Balaban J connectivity index is 1.20. The van der Waals surface area contributed by atoms with E-state index in [1.807, 2.05) is 30.0 Å². The van der Waals surface area contributed by atoms with Crippen molar-refractivity contribution in [2.45, 2.75) is 30.7 Å². The summed E-state index contributed by atoms with van der Waals surface area (Å²) in [7, 11) is -3.72. The lowest BCUT2D eigenvalue weighted by atomic mass is 10.00. The van der Waals surface area contributed by atoms with Crippen molar-refractivity contribution in [1.82, 2.24) is 14.3 Å². The van der Waals surface area contributed by atoms with Gasteiger partial charge in [-0.1, -0.05) is 11.6 Å². The van der Waals surface area contributed by atoms with E-state index < -0.39 is 10.0 Å². The molecular formula is C24H27ClN6O3S2. The van der Waals surface area contributed by atoms with Crippen LogP contribution in [-0.4, -0.2) is 67.3 Å². The minimum atomic E-state index is -3.72. The number of benzene rings is 2. The van der Waals surface area contributed by atoms with Gasteiger partial charge in [0.05, 0.1) is 4.90 Å². The minimum absolute atomic E-state index is 0.127. The van der Waals surface area contributed by atoms with E-state index in [1.54, 1.807) is 24.3 Å². The quantitative estimate of drug-likeness (QED) is 0.505. The Labute approximate surface area is 219 Å². The first-order valence-corrected chi connectivity index (χ1v) is 14.4. The molecule has 190 valence electrons. The average Bonchev–Trinajstić information content (AvgIpc) is 3.40. The van der Waals surface area contributed by atoms with Gasteiger partial charge in [-0.3, -0.25) is 9.52 Å². The summed E-state index contributed by atoms with van der Waals surface area (Å²) in [5.41, 5.74) is 3.22. The van der Waals surface area contributed by atoms with Crippen LogP contribution in [0.25, 0.3) is 0 Å². The van der Waals surface area contributed by atoms with Crippen molar-refractivity contribution in [1.29, 1.82) is 0 Å². The van der Waals surface area contributed by atoms with Crippen LogP contribution in [0.15, 0.2) is 53.7 Å². The molecule has 1 atom stereocenters. The van der Waals surface area contributed by atoms with Crippen LogP contribution in [0, 0.1) is 0 Å². The second kappa shape index (κ2) is 10.2. The number of halogens is 1. The fourth-order valence-electron chi connectivity index (χ4n) is 4.81. The molecule has 2 aliphatic heterocycles. The predicted octanol–water partition coefficient (Wildman–Crippen LogP) is 3.48. The lowest BCUT2D eigenvalue weighted by Gasteiger charge is -2.41. The molecule has 1 N–H and O–H groups in total. The van der Waals surface area contributed by atoms with Crippen molar-refractivity contribution < 1.29 is 13.2 Å². The number of hydrogen-bond acceptors (Lipinski definition) is 8. The molecule has 3 aromatic rings. The number of amides is 1. The molecule has 0 saturated carbocycles. The summed E-state index contributed by atoms with van der Waals surface area (Å²) in [5, 5.41) is 0.954. The van der Waals surface area contributed by atoms with Crippen molar-refractivity contribution in [3.63, 3.8) is 0 Å². The van der Waals surface area contributed by atoms with Crippen molar-refractivity contribution in [2.75, 3.05) is 47.2 Å². The molecule has 9 nitrogen and oxygen atoms in total. The molecule has 36 heavy (non-hydrogen) atoms. The zero-order valence-corrected chi connectivity index (χ0v) is 22.2. The zero-order valence-electron chi connectivity index (χ0n) is 19.8. The number of nitrogens with one attached hydrogen (secondary N) is 1. The number of aromatic nitrogens is 2. The number of anilines is 3. The van der Waals surface area contributed by atoms with Gasteiger partial charge < -0.3 is 14.7 Å². The maximum Gasteiger partial charge on any atom is 0.263 e. The van der Waals surface area contributed by atoms with Gasteiger partial charge in [-0.15, -0.1) is 0 Å². The smallest absolute Gasteiger partial charge is 0.263 e. The van der Waals surface area contributed by atoms with E-state index in [0.29, 0.717) is 26.2 Å². The summed E-state index contributed by atoms with van der Waals surface area (Å²) in [6.45, 7) is 5.42. The molecule has 12 heteroatoms. The van der Waals surface area contributed by atoms with Crippen LogP contribution < -0.4 is 14.5 Å². The van der Waals surface area contributed by atoms with Gasteiger partial charge in [-0.05, 0) is 67.8 Å². The Bertz CT molecular complexity index is 1330. The van der Waals surface area contributed by atoms with E-state index in [9.17, 15) is 13.2 Å². The molecule has 0 radical (unpaired) electrons. The number of aryl methyl sites for hydroxylation is 1. The third-order valence-electron chi connectivity index (χ3n) is 6.71. The van der Waals surface area contributed by atoms with E-state index in [0.717, 1.165) is 47.3 Å². The van der Waals surface area contributed by atoms with E-state index >= 15 is 0 Å². The fraction of sp³-hybridized carbons (Fsp3) is 0.375. The highest BCUT2D eigenvalue weighted by atomic mass is 35.5. The second-order valence-corrected chi connectivity index (χ2v) is 11.8. The molecule has 1 saturated heterocycles. The molecule has 1 aromatic heterocycles. The van der Waals surface area contributed by atoms with Crippen molar-refractivity contribution in [3.8, 4) is 0 Å². The fourth-order valence-corrected chi connectivity index (χ4v) is 6.66. The molecule has 5 rings (SSSR count). The van der Waals surface area contributed by atoms with Crippen molar-refractivity contribution >= 4 is 55.6 Å². The van der Waals surface area contributed by atoms with Crippen LogP contribution in [0.5, 0.6) is 0 Å². The molecule has 1 fully saturated rings. The largest absolute Gasteiger partial charge is 0.368 e. The third-order valence-corrected chi connectivity index (χ3v) is 9.01. The minimum Gasteiger partial charge on any atom is -0.368 e. The Morgan fingerprint density at radius 1 is 1.08 bits per heavy atom. The van der Waals surface area contributed by atoms with E-state index in [-0.39, 0.29) is 22.0 Å². The van der Waals surface area contributed by atoms with Gasteiger partial charge in [0.2, 0.25) is 11.0 Å². The Hall–Kier alpha value is -2.89. The number of carbonyl (C=O) groups excluding carboxylic acids is 1. The molecule has 2 aliphatic rings. The van der Waals surface area contributed by atoms with Crippen molar-refractivity contribution in [3.05, 3.63) is 59.4 Å². The first kappa shape index (κ1) is 24.8. The first-order chi connectivity index (χ1) is 17.3. The van der Waals surface area contributed by atoms with Crippen LogP contribution >= 0.6 is 23.1 Å². The molecule has 3 heterocycles. The van der Waals surface area contributed by atoms with Crippen LogP contribution in [0.4, 0.5) is 16.5 Å². The maximum atomic E-state index is 13.4. The van der Waals surface area contributed by atoms with Crippen molar-refractivity contribution in [2.24, 2.45) is 0 Å². The van der Waals surface area contributed by atoms with Crippen LogP contribution in [0.2, 0.25) is 5.02 Å². The maximum absolute atomic E-state index is 13.4. The van der Waals surface area contributed by atoms with Gasteiger partial charge in [0.25, 0.3) is 10.0 Å². The van der Waals surface area contributed by atoms with Crippen LogP contribution in [0.3, 0.4) is 0 Å². The van der Waals surface area contributed by atoms with Gasteiger partial charge in [0.1, 0.15) is 12.4 Å². The summed E-state index contributed by atoms with van der Waals surface area (Å²) < 4.78 is 31.3. The van der Waals surface area contributed by atoms with Gasteiger partial charge in [0.15, 0.2) is 0 Å². The van der Waals surface area contributed by atoms with Crippen LogP contribution in [-0.2, 0) is 21.2 Å². The molecule has 1 amide bonds.